The Labute approximate surface area is 122 Å². The van der Waals surface area contributed by atoms with Gasteiger partial charge >= 0.3 is 6.61 Å². The van der Waals surface area contributed by atoms with E-state index in [9.17, 15) is 17.2 Å². The first-order valence-electron chi connectivity index (χ1n) is 4.79. The molecule has 1 N–H and O–H groups in total. The lowest BCUT2D eigenvalue weighted by Gasteiger charge is -2.09. The van der Waals surface area contributed by atoms with Gasteiger partial charge in [-0.2, -0.15) is 8.78 Å². The van der Waals surface area contributed by atoms with E-state index in [1.54, 1.807) is 0 Å². The van der Waals surface area contributed by atoms with Crippen molar-refractivity contribution in [1.29, 1.82) is 0 Å². The second-order valence-corrected chi connectivity index (χ2v) is 6.61. The van der Waals surface area contributed by atoms with Crippen LogP contribution in [0.4, 0.5) is 8.78 Å². The second kappa shape index (κ2) is 6.65. The number of benzene rings is 1. The quantitative estimate of drug-likeness (QED) is 0.830. The Kier molecular flexibility index (Phi) is 5.72. The lowest BCUT2D eigenvalue weighted by molar-refractivity contribution is -0.0498. The van der Waals surface area contributed by atoms with E-state index in [1.165, 1.54) is 0 Å². The van der Waals surface area contributed by atoms with Gasteiger partial charge < -0.3 is 4.74 Å². The average molecular weight is 377 g/mol. The molecule has 0 heterocycles. The molecular formula is C10H9BrClF2NO3S. The summed E-state index contributed by atoms with van der Waals surface area (Å²) >= 11 is 8.67. The Balaban J connectivity index is 2.97. The van der Waals surface area contributed by atoms with Crippen LogP contribution in [0.25, 0.3) is 0 Å². The van der Waals surface area contributed by atoms with Crippen LogP contribution in [0.15, 0.2) is 34.2 Å². The SMILES string of the molecule is C=C(Br)CNS(=O)(=O)c1ccc(OC(F)F)c(Cl)c1. The molecule has 1 aromatic rings. The molecule has 9 heteroatoms. The number of alkyl halides is 2. The molecule has 0 aliphatic rings. The molecule has 0 aliphatic heterocycles. The van der Waals surface area contributed by atoms with Crippen molar-refractivity contribution in [2.45, 2.75) is 11.5 Å². The Morgan fingerprint density at radius 1 is 1.53 bits per heavy atom. The fraction of sp³-hybridized carbons (Fsp3) is 0.200. The van der Waals surface area contributed by atoms with E-state index in [2.05, 4.69) is 32.0 Å². The maximum atomic E-state index is 12.0. The van der Waals surface area contributed by atoms with Gasteiger partial charge in [0, 0.05) is 11.0 Å². The summed E-state index contributed by atoms with van der Waals surface area (Å²) in [7, 11) is -3.79. The van der Waals surface area contributed by atoms with E-state index >= 15 is 0 Å². The maximum Gasteiger partial charge on any atom is 0.387 e. The Morgan fingerprint density at radius 3 is 2.63 bits per heavy atom. The molecule has 0 bridgehead atoms. The zero-order valence-corrected chi connectivity index (χ0v) is 12.5. The first-order valence-corrected chi connectivity index (χ1v) is 7.45. The summed E-state index contributed by atoms with van der Waals surface area (Å²) in [6.07, 6.45) is 0. The topological polar surface area (TPSA) is 55.4 Å². The number of halogens is 4. The number of nitrogens with one attached hydrogen (secondary N) is 1. The van der Waals surface area contributed by atoms with Gasteiger partial charge in [-0.25, -0.2) is 13.1 Å². The molecule has 0 amide bonds. The van der Waals surface area contributed by atoms with E-state index in [0.29, 0.717) is 4.48 Å². The van der Waals surface area contributed by atoms with E-state index in [0.717, 1.165) is 18.2 Å². The zero-order valence-electron chi connectivity index (χ0n) is 9.37. The van der Waals surface area contributed by atoms with Crippen molar-refractivity contribution >= 4 is 37.6 Å². The molecule has 1 aromatic carbocycles. The predicted molar refractivity (Wildman–Crippen MR) is 71.3 cm³/mol. The molecule has 1 rings (SSSR count). The van der Waals surface area contributed by atoms with Gasteiger partial charge in [0.1, 0.15) is 5.75 Å². The molecule has 0 spiro atoms. The molecule has 0 aromatic heterocycles. The van der Waals surface area contributed by atoms with Crippen molar-refractivity contribution in [2.24, 2.45) is 0 Å². The summed E-state index contributed by atoms with van der Waals surface area (Å²) in [5, 5.41) is -0.221. The maximum absolute atomic E-state index is 12.0. The van der Waals surface area contributed by atoms with Crippen molar-refractivity contribution in [3.8, 4) is 5.75 Å². The minimum absolute atomic E-state index is 0.00472. The van der Waals surface area contributed by atoms with E-state index in [1.807, 2.05) is 0 Å². The molecule has 0 fully saturated rings. The van der Waals surface area contributed by atoms with Gasteiger partial charge in [-0.1, -0.05) is 34.1 Å². The minimum Gasteiger partial charge on any atom is -0.433 e. The van der Waals surface area contributed by atoms with E-state index in [-0.39, 0.29) is 22.2 Å². The zero-order chi connectivity index (χ0) is 14.6. The predicted octanol–water partition coefficient (Wildman–Crippen LogP) is 3.13. The van der Waals surface area contributed by atoms with Crippen molar-refractivity contribution < 1.29 is 21.9 Å². The van der Waals surface area contributed by atoms with Crippen molar-refractivity contribution in [3.05, 3.63) is 34.3 Å². The number of hydrogen-bond acceptors (Lipinski definition) is 3. The summed E-state index contributed by atoms with van der Waals surface area (Å²) < 4.78 is 54.4. The summed E-state index contributed by atoms with van der Waals surface area (Å²) in [6.45, 7) is 0.439. The standard InChI is InChI=1S/C10H9BrClF2NO3S/c1-6(11)5-15-19(16,17)7-2-3-9(8(12)4-7)18-10(13)14/h2-4,10,15H,1,5H2. The van der Waals surface area contributed by atoms with Crippen LogP contribution in [0.5, 0.6) is 5.75 Å². The smallest absolute Gasteiger partial charge is 0.387 e. The van der Waals surface area contributed by atoms with Gasteiger partial charge in [0.25, 0.3) is 0 Å². The molecule has 0 atom stereocenters. The normalized spacial score (nSPS) is 11.6. The highest BCUT2D eigenvalue weighted by atomic mass is 79.9. The van der Waals surface area contributed by atoms with Gasteiger partial charge in [-0.05, 0) is 18.2 Å². The third-order valence-corrected chi connectivity index (χ3v) is 3.86. The average Bonchev–Trinajstić information content (AvgIpc) is 2.28. The van der Waals surface area contributed by atoms with Crippen LogP contribution in [0.2, 0.25) is 5.02 Å². The lowest BCUT2D eigenvalue weighted by atomic mass is 10.3. The first-order chi connectivity index (χ1) is 8.72. The molecule has 4 nitrogen and oxygen atoms in total. The number of hydrogen-bond donors (Lipinski definition) is 1. The highest BCUT2D eigenvalue weighted by molar-refractivity contribution is 9.11. The minimum atomic E-state index is -3.79. The largest absolute Gasteiger partial charge is 0.433 e. The van der Waals surface area contributed by atoms with Gasteiger partial charge in [-0.3, -0.25) is 0 Å². The highest BCUT2D eigenvalue weighted by Gasteiger charge is 2.17. The fourth-order valence-corrected chi connectivity index (χ4v) is 2.76. The van der Waals surface area contributed by atoms with Crippen LogP contribution in [-0.4, -0.2) is 21.6 Å². The molecule has 106 valence electrons. The molecule has 0 radical (unpaired) electrons. The van der Waals surface area contributed by atoms with Gasteiger partial charge in [-0.15, -0.1) is 0 Å². The van der Waals surface area contributed by atoms with Crippen molar-refractivity contribution in [3.63, 3.8) is 0 Å². The first kappa shape index (κ1) is 16.4. The molecule has 0 aliphatic carbocycles. The van der Waals surface area contributed by atoms with Crippen LogP contribution in [-0.2, 0) is 10.0 Å². The van der Waals surface area contributed by atoms with Gasteiger partial charge in [0.15, 0.2) is 0 Å². The molecule has 0 saturated heterocycles. The molecule has 19 heavy (non-hydrogen) atoms. The summed E-state index contributed by atoms with van der Waals surface area (Å²) in [4.78, 5) is -0.159. The van der Waals surface area contributed by atoms with Crippen LogP contribution in [0, 0.1) is 0 Å². The van der Waals surface area contributed by atoms with Crippen LogP contribution >= 0.6 is 27.5 Å². The molecule has 0 unspecified atom stereocenters. The Hall–Kier alpha value is -0.700. The van der Waals surface area contributed by atoms with E-state index < -0.39 is 16.6 Å². The van der Waals surface area contributed by atoms with Crippen LogP contribution in [0.1, 0.15) is 0 Å². The number of ether oxygens (including phenoxy) is 1. The van der Waals surface area contributed by atoms with Gasteiger partial charge in [0.05, 0.1) is 9.92 Å². The summed E-state index contributed by atoms with van der Waals surface area (Å²) in [5.41, 5.74) is 0. The lowest BCUT2D eigenvalue weighted by Crippen LogP contribution is -2.24. The fourth-order valence-electron chi connectivity index (χ4n) is 1.10. The number of sulfonamides is 1. The van der Waals surface area contributed by atoms with Crippen molar-refractivity contribution in [1.82, 2.24) is 4.72 Å². The summed E-state index contributed by atoms with van der Waals surface area (Å²) in [5.74, 6) is -0.291. The Morgan fingerprint density at radius 2 is 2.16 bits per heavy atom. The molecular weight excluding hydrogens is 368 g/mol. The third kappa shape index (κ3) is 5.06. The number of rotatable bonds is 6. The Bertz CT molecular complexity index is 580. The molecule has 0 saturated carbocycles. The monoisotopic (exact) mass is 375 g/mol. The summed E-state index contributed by atoms with van der Waals surface area (Å²) in [6, 6.07) is 3.20. The second-order valence-electron chi connectivity index (χ2n) is 3.31. The van der Waals surface area contributed by atoms with Crippen molar-refractivity contribution in [2.75, 3.05) is 6.54 Å². The van der Waals surface area contributed by atoms with Crippen LogP contribution < -0.4 is 9.46 Å². The van der Waals surface area contributed by atoms with E-state index in [4.69, 9.17) is 11.6 Å². The highest BCUT2D eigenvalue weighted by Crippen LogP contribution is 2.28. The van der Waals surface area contributed by atoms with Gasteiger partial charge in [0.2, 0.25) is 10.0 Å². The third-order valence-electron chi connectivity index (χ3n) is 1.88. The van der Waals surface area contributed by atoms with Crippen LogP contribution in [0.3, 0.4) is 0 Å².